The molecule has 0 heterocycles. The highest BCUT2D eigenvalue weighted by atomic mass is 16.5. The lowest BCUT2D eigenvalue weighted by atomic mass is 10.0. The summed E-state index contributed by atoms with van der Waals surface area (Å²) in [6.45, 7) is 3.28. The van der Waals surface area contributed by atoms with Gasteiger partial charge >= 0.3 is 0 Å². The molecule has 10 heavy (non-hydrogen) atoms. The van der Waals surface area contributed by atoms with E-state index in [1.165, 1.54) is 7.11 Å². The summed E-state index contributed by atoms with van der Waals surface area (Å²) >= 11 is 0. The van der Waals surface area contributed by atoms with Crippen LogP contribution in [-0.4, -0.2) is 24.8 Å². The lowest BCUT2D eigenvalue weighted by molar-refractivity contribution is -0.138. The molecule has 0 aromatic carbocycles. The van der Waals surface area contributed by atoms with Crippen LogP contribution in [0.2, 0.25) is 0 Å². The Morgan fingerprint density at radius 3 is 2.40 bits per heavy atom. The van der Waals surface area contributed by atoms with E-state index in [1.807, 2.05) is 0 Å². The van der Waals surface area contributed by atoms with Crippen molar-refractivity contribution in [2.24, 2.45) is 0 Å². The first kappa shape index (κ1) is 9.30. The summed E-state index contributed by atoms with van der Waals surface area (Å²) in [7, 11) is 1.45. The van der Waals surface area contributed by atoms with Gasteiger partial charge in [0.15, 0.2) is 5.78 Å². The molecule has 0 N–H and O–H groups in total. The van der Waals surface area contributed by atoms with Crippen LogP contribution in [0.15, 0.2) is 0 Å². The molecule has 0 atom stereocenters. The van der Waals surface area contributed by atoms with Gasteiger partial charge in [0.25, 0.3) is 0 Å². The van der Waals surface area contributed by atoms with Crippen LogP contribution in [0.4, 0.5) is 0 Å². The Labute approximate surface area is 60.4 Å². The number of methoxy groups -OCH3 is 1. The molecule has 0 aliphatic heterocycles. The van der Waals surface area contributed by atoms with Crippen molar-refractivity contribution in [3.05, 3.63) is 0 Å². The molecule has 0 aromatic heterocycles. The number of hydrogen-bond donors (Lipinski definition) is 0. The van der Waals surface area contributed by atoms with Gasteiger partial charge in [-0.1, -0.05) is 0 Å². The number of rotatable bonds is 4. The van der Waals surface area contributed by atoms with Crippen LogP contribution in [0.25, 0.3) is 0 Å². The quantitative estimate of drug-likeness (QED) is 0.428. The van der Waals surface area contributed by atoms with Gasteiger partial charge < -0.3 is 9.53 Å². The lowest BCUT2D eigenvalue weighted by Gasteiger charge is -2.19. The maximum absolute atomic E-state index is 10.9. The summed E-state index contributed by atoms with van der Waals surface area (Å²) < 4.78 is 4.84. The Balaban J connectivity index is 4.03. The molecule has 0 unspecified atom stereocenters. The molecular formula is C7H12O3. The summed E-state index contributed by atoms with van der Waals surface area (Å²) in [6, 6.07) is 0. The van der Waals surface area contributed by atoms with E-state index in [-0.39, 0.29) is 12.2 Å². The second kappa shape index (κ2) is 3.46. The number of ketones is 1. The second-order valence-corrected chi connectivity index (χ2v) is 2.51. The Morgan fingerprint density at radius 1 is 1.60 bits per heavy atom. The molecule has 58 valence electrons. The van der Waals surface area contributed by atoms with Crippen molar-refractivity contribution in [3.8, 4) is 0 Å². The minimum absolute atomic E-state index is 0.0686. The molecule has 0 aliphatic carbocycles. The number of ether oxygens (including phenoxy) is 1. The molecule has 3 nitrogen and oxygen atoms in total. The molecule has 0 amide bonds. The molecule has 3 heteroatoms. The third-order valence-electron chi connectivity index (χ3n) is 1.45. The minimum atomic E-state index is -0.819. The van der Waals surface area contributed by atoms with Gasteiger partial charge in [-0.3, -0.25) is 4.79 Å². The smallest absolute Gasteiger partial charge is 0.171 e. The number of carbonyl (C=O) groups excluding carboxylic acids is 2. The highest BCUT2D eigenvalue weighted by Gasteiger charge is 2.25. The van der Waals surface area contributed by atoms with Crippen molar-refractivity contribution in [3.63, 3.8) is 0 Å². The van der Waals surface area contributed by atoms with Crippen LogP contribution < -0.4 is 0 Å². The summed E-state index contributed by atoms with van der Waals surface area (Å²) in [6.07, 6.45) is 0.518. The van der Waals surface area contributed by atoms with Crippen molar-refractivity contribution in [1.29, 1.82) is 0 Å². The first-order valence-electron chi connectivity index (χ1n) is 3.06. The summed E-state index contributed by atoms with van der Waals surface area (Å²) in [5.74, 6) is -0.190. The van der Waals surface area contributed by atoms with Crippen molar-refractivity contribution in [1.82, 2.24) is 0 Å². The van der Waals surface area contributed by atoms with Crippen LogP contribution in [-0.2, 0) is 14.3 Å². The van der Waals surface area contributed by atoms with Crippen LogP contribution >= 0.6 is 0 Å². The molecule has 0 saturated heterocycles. The Kier molecular flexibility index (Phi) is 3.22. The SMILES string of the molecule is COC(C)(C)C(=O)CC=O. The molecule has 0 aromatic rings. The maximum atomic E-state index is 10.9. The summed E-state index contributed by atoms with van der Waals surface area (Å²) in [4.78, 5) is 20.8. The molecule has 0 saturated carbocycles. The minimum Gasteiger partial charge on any atom is -0.371 e. The lowest BCUT2D eigenvalue weighted by Crippen LogP contribution is -2.33. The van der Waals surface area contributed by atoms with E-state index < -0.39 is 5.60 Å². The van der Waals surface area contributed by atoms with E-state index in [4.69, 9.17) is 4.74 Å². The zero-order chi connectivity index (χ0) is 8.20. The zero-order valence-electron chi connectivity index (χ0n) is 6.51. The highest BCUT2D eigenvalue weighted by molar-refractivity contribution is 5.95. The molecule has 0 radical (unpaired) electrons. The number of carbonyl (C=O) groups is 2. The summed E-state index contributed by atoms with van der Waals surface area (Å²) in [5, 5.41) is 0. The topological polar surface area (TPSA) is 43.4 Å². The van der Waals surface area contributed by atoms with Gasteiger partial charge in [0.1, 0.15) is 11.9 Å². The Bertz CT molecular complexity index is 138. The Hall–Kier alpha value is -0.700. The third-order valence-corrected chi connectivity index (χ3v) is 1.45. The van der Waals surface area contributed by atoms with E-state index >= 15 is 0 Å². The third kappa shape index (κ3) is 2.27. The summed E-state index contributed by atoms with van der Waals surface area (Å²) in [5.41, 5.74) is -0.819. The van der Waals surface area contributed by atoms with E-state index in [0.29, 0.717) is 6.29 Å². The van der Waals surface area contributed by atoms with Crippen LogP contribution in [0.1, 0.15) is 20.3 Å². The number of hydrogen-bond acceptors (Lipinski definition) is 3. The van der Waals surface area contributed by atoms with E-state index in [0.717, 1.165) is 0 Å². The average Bonchev–Trinajstić information content (AvgIpc) is 1.89. The van der Waals surface area contributed by atoms with Gasteiger partial charge in [-0.15, -0.1) is 0 Å². The standard InChI is InChI=1S/C7H12O3/c1-7(2,10-3)6(9)4-5-8/h5H,4H2,1-3H3. The molecule has 0 fully saturated rings. The van der Waals surface area contributed by atoms with Gasteiger partial charge in [0.05, 0.1) is 6.42 Å². The van der Waals surface area contributed by atoms with E-state index in [2.05, 4.69) is 0 Å². The van der Waals surface area contributed by atoms with Crippen LogP contribution in [0, 0.1) is 0 Å². The monoisotopic (exact) mass is 144 g/mol. The predicted molar refractivity (Wildman–Crippen MR) is 36.8 cm³/mol. The fraction of sp³-hybridized carbons (Fsp3) is 0.714. The maximum Gasteiger partial charge on any atom is 0.171 e. The fourth-order valence-electron chi connectivity index (χ4n) is 0.435. The van der Waals surface area contributed by atoms with Gasteiger partial charge in [0.2, 0.25) is 0 Å². The van der Waals surface area contributed by atoms with Crippen LogP contribution in [0.5, 0.6) is 0 Å². The fourth-order valence-corrected chi connectivity index (χ4v) is 0.435. The average molecular weight is 144 g/mol. The first-order valence-corrected chi connectivity index (χ1v) is 3.06. The van der Waals surface area contributed by atoms with Crippen molar-refractivity contribution >= 4 is 12.1 Å². The van der Waals surface area contributed by atoms with Crippen molar-refractivity contribution < 1.29 is 14.3 Å². The molecule has 0 bridgehead atoms. The predicted octanol–water partition coefficient (Wildman–Crippen LogP) is 0.570. The number of Topliss-reactive ketones (excluding diaryl/α,β-unsaturated/α-hetero) is 1. The second-order valence-electron chi connectivity index (χ2n) is 2.51. The van der Waals surface area contributed by atoms with Crippen molar-refractivity contribution in [2.45, 2.75) is 25.9 Å². The molecular weight excluding hydrogens is 132 g/mol. The molecule has 0 rings (SSSR count). The van der Waals surface area contributed by atoms with Gasteiger partial charge in [-0.05, 0) is 13.8 Å². The largest absolute Gasteiger partial charge is 0.371 e. The molecule has 0 aliphatic rings. The van der Waals surface area contributed by atoms with Gasteiger partial charge in [0, 0.05) is 7.11 Å². The number of aldehydes is 1. The highest BCUT2D eigenvalue weighted by Crippen LogP contribution is 2.09. The molecule has 0 spiro atoms. The zero-order valence-corrected chi connectivity index (χ0v) is 6.51. The normalized spacial score (nSPS) is 11.1. The van der Waals surface area contributed by atoms with E-state index in [9.17, 15) is 9.59 Å². The first-order chi connectivity index (χ1) is 4.54. The Morgan fingerprint density at radius 2 is 2.10 bits per heavy atom. The van der Waals surface area contributed by atoms with Crippen LogP contribution in [0.3, 0.4) is 0 Å². The van der Waals surface area contributed by atoms with Gasteiger partial charge in [-0.25, -0.2) is 0 Å². The van der Waals surface area contributed by atoms with E-state index in [1.54, 1.807) is 13.8 Å². The van der Waals surface area contributed by atoms with Gasteiger partial charge in [-0.2, -0.15) is 0 Å². The van der Waals surface area contributed by atoms with Crippen molar-refractivity contribution in [2.75, 3.05) is 7.11 Å².